The van der Waals surface area contributed by atoms with E-state index in [1.165, 1.54) is 27.7 Å². The minimum absolute atomic E-state index is 0.0233. The number of hydrogen-bond donors (Lipinski definition) is 0. The summed E-state index contributed by atoms with van der Waals surface area (Å²) in [4.78, 5) is 49.2. The second-order valence-electron chi connectivity index (χ2n) is 12.9. The van der Waals surface area contributed by atoms with Crippen molar-refractivity contribution in [3.8, 4) is 0 Å². The highest BCUT2D eigenvalue weighted by molar-refractivity contribution is 5.68. The monoisotopic (exact) mass is 506 g/mol. The molecule has 4 aliphatic rings. The third-order valence-electron chi connectivity index (χ3n) is 10.4. The molecule has 0 heterocycles. The predicted molar refractivity (Wildman–Crippen MR) is 129 cm³/mol. The highest BCUT2D eigenvalue weighted by atomic mass is 16.6. The van der Waals surface area contributed by atoms with Crippen molar-refractivity contribution in [2.24, 2.45) is 33.5 Å². The zero-order valence-electron chi connectivity index (χ0n) is 23.0. The average Bonchev–Trinajstić information content (AvgIpc) is 2.90. The fourth-order valence-corrected chi connectivity index (χ4v) is 9.31. The second kappa shape index (κ2) is 8.73. The highest BCUT2D eigenvalue weighted by Gasteiger charge is 2.77. The molecule has 36 heavy (non-hydrogen) atoms. The Morgan fingerprint density at radius 3 is 1.72 bits per heavy atom. The lowest BCUT2D eigenvalue weighted by Crippen LogP contribution is -2.65. The molecule has 0 aliphatic heterocycles. The molecule has 9 atom stereocenters. The maximum absolute atomic E-state index is 12.4. The van der Waals surface area contributed by atoms with E-state index < -0.39 is 52.5 Å². The molecule has 0 N–H and O–H groups in total. The molecule has 4 saturated carbocycles. The summed E-state index contributed by atoms with van der Waals surface area (Å²) in [7, 11) is 0. The van der Waals surface area contributed by atoms with Crippen LogP contribution in [0, 0.1) is 33.5 Å². The molecule has 0 aromatic heterocycles. The maximum atomic E-state index is 12.4. The van der Waals surface area contributed by atoms with Crippen molar-refractivity contribution in [3.63, 3.8) is 0 Å². The molecule has 2 bridgehead atoms. The van der Waals surface area contributed by atoms with Gasteiger partial charge in [0.25, 0.3) is 0 Å². The van der Waals surface area contributed by atoms with Crippen molar-refractivity contribution in [3.05, 3.63) is 0 Å². The van der Waals surface area contributed by atoms with E-state index in [4.69, 9.17) is 18.9 Å². The fraction of sp³-hybridized carbons (Fsp3) is 0.857. The molecule has 8 heteroatoms. The molecule has 4 fully saturated rings. The number of fused-ring (bicyclic) bond motifs is 3. The third-order valence-corrected chi connectivity index (χ3v) is 10.4. The van der Waals surface area contributed by atoms with Gasteiger partial charge in [0, 0.05) is 43.9 Å². The molecule has 4 rings (SSSR count). The van der Waals surface area contributed by atoms with Crippen LogP contribution >= 0.6 is 0 Å². The van der Waals surface area contributed by atoms with Crippen LogP contribution in [0.1, 0.15) is 93.9 Å². The molecule has 0 amide bonds. The Bertz CT molecular complexity index is 957. The quantitative estimate of drug-likeness (QED) is 0.409. The van der Waals surface area contributed by atoms with Crippen molar-refractivity contribution >= 4 is 23.9 Å². The molecule has 8 nitrogen and oxygen atoms in total. The first kappa shape index (κ1) is 26.9. The lowest BCUT2D eigenvalue weighted by atomic mass is 9.39. The van der Waals surface area contributed by atoms with Gasteiger partial charge in [-0.25, -0.2) is 0 Å². The zero-order valence-corrected chi connectivity index (χ0v) is 23.0. The molecular formula is C28H42O8. The van der Waals surface area contributed by atoms with Crippen molar-refractivity contribution < 1.29 is 38.1 Å². The summed E-state index contributed by atoms with van der Waals surface area (Å²) in [6.45, 7) is 14.3. The lowest BCUT2D eigenvalue weighted by Gasteiger charge is -2.66. The largest absolute Gasteiger partial charge is 0.462 e. The molecule has 0 saturated heterocycles. The Labute approximate surface area is 214 Å². The third kappa shape index (κ3) is 3.94. The van der Waals surface area contributed by atoms with Crippen LogP contribution in [0.25, 0.3) is 0 Å². The topological polar surface area (TPSA) is 105 Å². The molecular weight excluding hydrogens is 464 g/mol. The number of carbonyl (C=O) groups is 4. The van der Waals surface area contributed by atoms with Crippen LogP contribution in [0.15, 0.2) is 0 Å². The van der Waals surface area contributed by atoms with Gasteiger partial charge in [0.1, 0.15) is 24.4 Å². The SMILES string of the molecule is CC(=O)O[C@H]1C[C@@H]2[C@]3(CC[C@@H]4C(C)(C)CC[C@H](OC(C)=O)[C@]42C)C[C@@]1(C)[C@H](OC(C)=O)[C@H]3OC(C)=O. The van der Waals surface area contributed by atoms with Crippen LogP contribution < -0.4 is 0 Å². The van der Waals surface area contributed by atoms with Gasteiger partial charge in [-0.2, -0.15) is 0 Å². The molecule has 1 spiro atoms. The van der Waals surface area contributed by atoms with Gasteiger partial charge >= 0.3 is 23.9 Å². The summed E-state index contributed by atoms with van der Waals surface area (Å²) >= 11 is 0. The minimum atomic E-state index is -0.739. The lowest BCUT2D eigenvalue weighted by molar-refractivity contribution is -0.239. The number of hydrogen-bond acceptors (Lipinski definition) is 8. The van der Waals surface area contributed by atoms with Gasteiger partial charge in [-0.15, -0.1) is 0 Å². The van der Waals surface area contributed by atoms with Gasteiger partial charge < -0.3 is 18.9 Å². The van der Waals surface area contributed by atoms with Gasteiger partial charge in [-0.1, -0.05) is 27.7 Å². The summed E-state index contributed by atoms with van der Waals surface area (Å²) in [6.07, 6.45) is 2.25. The summed E-state index contributed by atoms with van der Waals surface area (Å²) in [5.41, 5.74) is -1.61. The highest BCUT2D eigenvalue weighted by Crippen LogP contribution is 2.75. The molecule has 0 aromatic rings. The van der Waals surface area contributed by atoms with E-state index >= 15 is 0 Å². The summed E-state index contributed by atoms with van der Waals surface area (Å²) in [5.74, 6) is -1.42. The fourth-order valence-electron chi connectivity index (χ4n) is 9.31. The van der Waals surface area contributed by atoms with E-state index in [9.17, 15) is 19.2 Å². The first-order valence-electron chi connectivity index (χ1n) is 13.3. The Morgan fingerprint density at radius 2 is 1.17 bits per heavy atom. The average molecular weight is 507 g/mol. The van der Waals surface area contributed by atoms with Crippen LogP contribution in [-0.2, 0) is 38.1 Å². The first-order valence-corrected chi connectivity index (χ1v) is 13.3. The van der Waals surface area contributed by atoms with Crippen LogP contribution in [0.2, 0.25) is 0 Å². The minimum Gasteiger partial charge on any atom is -0.462 e. The van der Waals surface area contributed by atoms with E-state index in [1.807, 2.05) is 6.92 Å². The van der Waals surface area contributed by atoms with Crippen LogP contribution in [-0.4, -0.2) is 48.3 Å². The van der Waals surface area contributed by atoms with Crippen molar-refractivity contribution in [1.82, 2.24) is 0 Å². The normalized spacial score (nSPS) is 44.4. The van der Waals surface area contributed by atoms with E-state index in [2.05, 4.69) is 20.8 Å². The van der Waals surface area contributed by atoms with Crippen LogP contribution in [0.5, 0.6) is 0 Å². The van der Waals surface area contributed by atoms with E-state index in [0.717, 1.165) is 25.7 Å². The predicted octanol–water partition coefficient (Wildman–Crippen LogP) is 4.37. The molecule has 202 valence electrons. The Balaban J connectivity index is 1.91. The number of esters is 4. The van der Waals surface area contributed by atoms with Crippen molar-refractivity contribution in [2.45, 2.75) is 118 Å². The Hall–Kier alpha value is -2.12. The first-order chi connectivity index (χ1) is 16.6. The number of rotatable bonds is 4. The van der Waals surface area contributed by atoms with Crippen LogP contribution in [0.4, 0.5) is 0 Å². The molecule has 0 unspecified atom stereocenters. The van der Waals surface area contributed by atoms with Gasteiger partial charge in [0.15, 0.2) is 0 Å². The van der Waals surface area contributed by atoms with E-state index in [0.29, 0.717) is 12.8 Å². The summed E-state index contributed by atoms with van der Waals surface area (Å²) in [5, 5.41) is 0. The molecule has 4 aliphatic carbocycles. The maximum Gasteiger partial charge on any atom is 0.303 e. The zero-order chi connectivity index (χ0) is 26.8. The second-order valence-corrected chi connectivity index (χ2v) is 12.9. The van der Waals surface area contributed by atoms with Crippen molar-refractivity contribution in [1.29, 1.82) is 0 Å². The standard InChI is InChI=1S/C28H42O8/c1-15(29)33-21-10-11-25(5,6)19-9-12-28-14-26(7,23(35-17(3)31)24(28)36-18(4)32)22(34-16(2)30)13-20(28)27(19,21)8/h19-24H,9-14H2,1-8H3/t19-,20+,21+,22+,23-,24-,26-,27-,28+/m1/s1. The molecule has 0 radical (unpaired) electrons. The Kier molecular flexibility index (Phi) is 6.53. The van der Waals surface area contributed by atoms with Gasteiger partial charge in [-0.3, -0.25) is 19.2 Å². The number of ether oxygens (including phenoxy) is 4. The van der Waals surface area contributed by atoms with E-state index in [-0.39, 0.29) is 29.3 Å². The van der Waals surface area contributed by atoms with Crippen molar-refractivity contribution in [2.75, 3.05) is 0 Å². The van der Waals surface area contributed by atoms with Crippen LogP contribution in [0.3, 0.4) is 0 Å². The van der Waals surface area contributed by atoms with Gasteiger partial charge in [0.2, 0.25) is 0 Å². The smallest absolute Gasteiger partial charge is 0.303 e. The number of carbonyl (C=O) groups excluding carboxylic acids is 4. The Morgan fingerprint density at radius 1 is 0.639 bits per heavy atom. The van der Waals surface area contributed by atoms with Gasteiger partial charge in [-0.05, 0) is 55.8 Å². The van der Waals surface area contributed by atoms with E-state index in [1.54, 1.807) is 0 Å². The van der Waals surface area contributed by atoms with Gasteiger partial charge in [0.05, 0.1) is 0 Å². The summed E-state index contributed by atoms with van der Waals surface area (Å²) < 4.78 is 23.9. The molecule has 0 aromatic carbocycles. The summed E-state index contributed by atoms with van der Waals surface area (Å²) in [6, 6.07) is 0.